The normalized spacial score (nSPS) is 15.0. The standard InChI is InChI=1S/C21H28F2N4O3/c1-13(2)24-20-21(26-17(7-10-28)18(12-29)25-20)27-8-5-15(6-9-27)30-19-4-3-14(22)11-16(19)23/h3-4,11,13,15,28-29H,5-10,12H2,1-2H3,(H,24,25). The highest BCUT2D eigenvalue weighted by Gasteiger charge is 2.26. The van der Waals surface area contributed by atoms with Gasteiger partial charge in [0.15, 0.2) is 23.2 Å². The molecule has 0 spiro atoms. The molecular formula is C21H28F2N4O3. The first-order valence-corrected chi connectivity index (χ1v) is 10.2. The third-order valence-corrected chi connectivity index (χ3v) is 4.89. The van der Waals surface area contributed by atoms with Crippen molar-refractivity contribution in [1.82, 2.24) is 9.97 Å². The van der Waals surface area contributed by atoms with E-state index in [-0.39, 0.29) is 31.1 Å². The number of aliphatic hydroxyl groups excluding tert-OH is 2. The lowest BCUT2D eigenvalue weighted by Gasteiger charge is -2.34. The third-order valence-electron chi connectivity index (χ3n) is 4.89. The maximum absolute atomic E-state index is 13.9. The van der Waals surface area contributed by atoms with Crippen LogP contribution in [0, 0.1) is 11.6 Å². The molecule has 3 N–H and O–H groups in total. The minimum Gasteiger partial charge on any atom is -0.487 e. The molecule has 1 aliphatic heterocycles. The monoisotopic (exact) mass is 422 g/mol. The Morgan fingerprint density at radius 3 is 2.50 bits per heavy atom. The number of hydrogen-bond acceptors (Lipinski definition) is 7. The topological polar surface area (TPSA) is 90.7 Å². The van der Waals surface area contributed by atoms with E-state index in [1.54, 1.807) is 0 Å². The quantitative estimate of drug-likeness (QED) is 0.603. The van der Waals surface area contributed by atoms with Crippen molar-refractivity contribution in [3.05, 3.63) is 41.2 Å². The van der Waals surface area contributed by atoms with E-state index in [0.717, 1.165) is 6.07 Å². The highest BCUT2D eigenvalue weighted by atomic mass is 19.1. The van der Waals surface area contributed by atoms with Gasteiger partial charge in [0.25, 0.3) is 0 Å². The van der Waals surface area contributed by atoms with Gasteiger partial charge in [0, 0.05) is 51.1 Å². The Labute approximate surface area is 174 Å². The molecule has 3 rings (SSSR count). The summed E-state index contributed by atoms with van der Waals surface area (Å²) in [6.07, 6.45) is 1.39. The van der Waals surface area contributed by atoms with Gasteiger partial charge in [-0.15, -0.1) is 0 Å². The van der Waals surface area contributed by atoms with Crippen molar-refractivity contribution in [3.8, 4) is 5.75 Å². The average molecular weight is 422 g/mol. The number of hydrogen-bond donors (Lipinski definition) is 3. The Balaban J connectivity index is 1.75. The number of benzene rings is 1. The summed E-state index contributed by atoms with van der Waals surface area (Å²) in [4.78, 5) is 11.3. The van der Waals surface area contributed by atoms with Gasteiger partial charge in [-0.25, -0.2) is 18.7 Å². The number of nitrogens with zero attached hydrogens (tertiary/aromatic N) is 3. The Hall–Kier alpha value is -2.52. The largest absolute Gasteiger partial charge is 0.487 e. The fourth-order valence-corrected chi connectivity index (χ4v) is 3.45. The van der Waals surface area contributed by atoms with Gasteiger partial charge in [-0.05, 0) is 26.0 Å². The maximum Gasteiger partial charge on any atom is 0.172 e. The van der Waals surface area contributed by atoms with Crippen molar-refractivity contribution in [2.24, 2.45) is 0 Å². The molecule has 1 aromatic heterocycles. The van der Waals surface area contributed by atoms with Crippen molar-refractivity contribution >= 4 is 11.6 Å². The van der Waals surface area contributed by atoms with E-state index in [0.29, 0.717) is 55.4 Å². The molecule has 0 atom stereocenters. The number of piperidine rings is 1. The molecule has 0 saturated carbocycles. The Morgan fingerprint density at radius 2 is 1.90 bits per heavy atom. The zero-order valence-corrected chi connectivity index (χ0v) is 17.2. The molecule has 164 valence electrons. The molecule has 1 fully saturated rings. The van der Waals surface area contributed by atoms with Crippen LogP contribution in [-0.2, 0) is 13.0 Å². The van der Waals surface area contributed by atoms with E-state index < -0.39 is 11.6 Å². The van der Waals surface area contributed by atoms with Crippen molar-refractivity contribution in [3.63, 3.8) is 0 Å². The number of ether oxygens (including phenoxy) is 1. The zero-order valence-electron chi connectivity index (χ0n) is 17.2. The second kappa shape index (κ2) is 9.99. The second-order valence-corrected chi connectivity index (χ2v) is 7.60. The predicted octanol–water partition coefficient (Wildman–Crippen LogP) is 2.65. The first-order chi connectivity index (χ1) is 14.4. The summed E-state index contributed by atoms with van der Waals surface area (Å²) in [5.74, 6) is -0.0480. The maximum atomic E-state index is 13.9. The molecule has 1 saturated heterocycles. The second-order valence-electron chi connectivity index (χ2n) is 7.60. The summed E-state index contributed by atoms with van der Waals surface area (Å²) in [5.41, 5.74) is 1.01. The molecule has 7 nitrogen and oxygen atoms in total. The van der Waals surface area contributed by atoms with Gasteiger partial charge in [0.05, 0.1) is 18.0 Å². The predicted molar refractivity (Wildman–Crippen MR) is 110 cm³/mol. The summed E-state index contributed by atoms with van der Waals surface area (Å²) in [6.45, 7) is 4.87. The molecule has 30 heavy (non-hydrogen) atoms. The van der Waals surface area contributed by atoms with Gasteiger partial charge in [0.2, 0.25) is 0 Å². The smallest absolute Gasteiger partial charge is 0.172 e. The summed E-state index contributed by atoms with van der Waals surface area (Å²) < 4.78 is 32.7. The molecular weight excluding hydrogens is 394 g/mol. The Kier molecular flexibility index (Phi) is 7.38. The van der Waals surface area contributed by atoms with Crippen LogP contribution in [0.15, 0.2) is 18.2 Å². The van der Waals surface area contributed by atoms with E-state index in [4.69, 9.17) is 4.74 Å². The minimum atomic E-state index is -0.708. The van der Waals surface area contributed by atoms with Crippen molar-refractivity contribution in [2.75, 3.05) is 29.9 Å². The van der Waals surface area contributed by atoms with Gasteiger partial charge in [-0.2, -0.15) is 0 Å². The third kappa shape index (κ3) is 5.34. The molecule has 0 amide bonds. The number of nitrogens with one attached hydrogen (secondary N) is 1. The van der Waals surface area contributed by atoms with E-state index >= 15 is 0 Å². The Bertz CT molecular complexity index is 858. The van der Waals surface area contributed by atoms with Crippen LogP contribution in [0.1, 0.15) is 38.1 Å². The highest BCUT2D eigenvalue weighted by Crippen LogP contribution is 2.29. The molecule has 0 radical (unpaired) electrons. The lowest BCUT2D eigenvalue weighted by Crippen LogP contribution is -2.39. The highest BCUT2D eigenvalue weighted by molar-refractivity contribution is 5.62. The molecule has 1 aromatic carbocycles. The fourth-order valence-electron chi connectivity index (χ4n) is 3.45. The van der Waals surface area contributed by atoms with Gasteiger partial charge >= 0.3 is 0 Å². The average Bonchev–Trinajstić information content (AvgIpc) is 2.71. The van der Waals surface area contributed by atoms with Crippen LogP contribution in [0.4, 0.5) is 20.4 Å². The van der Waals surface area contributed by atoms with Crippen LogP contribution in [0.2, 0.25) is 0 Å². The van der Waals surface area contributed by atoms with Gasteiger partial charge in [-0.1, -0.05) is 0 Å². The molecule has 0 unspecified atom stereocenters. The number of aliphatic hydroxyl groups is 2. The summed E-state index contributed by atoms with van der Waals surface area (Å²) in [6, 6.07) is 3.42. The van der Waals surface area contributed by atoms with E-state index in [2.05, 4.69) is 20.2 Å². The summed E-state index contributed by atoms with van der Waals surface area (Å²) >= 11 is 0. The van der Waals surface area contributed by atoms with Crippen LogP contribution < -0.4 is 15.0 Å². The summed E-state index contributed by atoms with van der Waals surface area (Å²) in [5, 5.41) is 22.2. The Morgan fingerprint density at radius 1 is 1.17 bits per heavy atom. The molecule has 1 aliphatic rings. The van der Waals surface area contributed by atoms with Crippen molar-refractivity contribution in [1.29, 1.82) is 0 Å². The minimum absolute atomic E-state index is 0.0503. The number of rotatable bonds is 8. The first-order valence-electron chi connectivity index (χ1n) is 10.2. The van der Waals surface area contributed by atoms with E-state index in [1.807, 2.05) is 13.8 Å². The van der Waals surface area contributed by atoms with Gasteiger partial charge < -0.3 is 25.2 Å². The SMILES string of the molecule is CC(C)Nc1nc(CO)c(CCO)nc1N1CCC(Oc2ccc(F)cc2F)CC1. The number of anilines is 2. The van der Waals surface area contributed by atoms with E-state index in [9.17, 15) is 19.0 Å². The van der Waals surface area contributed by atoms with Crippen molar-refractivity contribution in [2.45, 2.75) is 51.9 Å². The number of halogens is 2. The zero-order chi connectivity index (χ0) is 21.7. The number of aromatic nitrogens is 2. The van der Waals surface area contributed by atoms with Crippen molar-refractivity contribution < 1.29 is 23.7 Å². The van der Waals surface area contributed by atoms with Crippen LogP contribution in [0.3, 0.4) is 0 Å². The lowest BCUT2D eigenvalue weighted by molar-refractivity contribution is 0.163. The van der Waals surface area contributed by atoms with Crippen LogP contribution >= 0.6 is 0 Å². The van der Waals surface area contributed by atoms with E-state index in [1.165, 1.54) is 12.1 Å². The van der Waals surface area contributed by atoms with Gasteiger partial charge in [-0.3, -0.25) is 0 Å². The first kappa shape index (κ1) is 22.2. The summed E-state index contributed by atoms with van der Waals surface area (Å²) in [7, 11) is 0. The molecule has 0 aliphatic carbocycles. The fraction of sp³-hybridized carbons (Fsp3) is 0.524. The van der Waals surface area contributed by atoms with Gasteiger partial charge in [0.1, 0.15) is 11.9 Å². The van der Waals surface area contributed by atoms with Crippen LogP contribution in [-0.4, -0.2) is 52.0 Å². The lowest BCUT2D eigenvalue weighted by atomic mass is 10.1. The molecule has 9 heteroatoms. The van der Waals surface area contributed by atoms with Crippen LogP contribution in [0.5, 0.6) is 5.75 Å². The van der Waals surface area contributed by atoms with Crippen LogP contribution in [0.25, 0.3) is 0 Å². The molecule has 2 heterocycles. The molecule has 0 bridgehead atoms. The molecule has 2 aromatic rings.